The van der Waals surface area contributed by atoms with E-state index in [2.05, 4.69) is 57.4 Å². The van der Waals surface area contributed by atoms with Gasteiger partial charge in [0.1, 0.15) is 6.61 Å². The monoisotopic (exact) mass is 579 g/mol. The normalized spacial score (nSPS) is 18.7. The van der Waals surface area contributed by atoms with Gasteiger partial charge in [-0.15, -0.1) is 0 Å². The van der Waals surface area contributed by atoms with Crippen LogP contribution in [0.1, 0.15) is 55.9 Å². The molecule has 2 heterocycles. The molecule has 0 unspecified atom stereocenters. The van der Waals surface area contributed by atoms with Crippen LogP contribution in [0.5, 0.6) is 0 Å². The van der Waals surface area contributed by atoms with Crippen molar-refractivity contribution in [2.24, 2.45) is 5.11 Å². The van der Waals surface area contributed by atoms with Gasteiger partial charge in [0, 0.05) is 42.7 Å². The van der Waals surface area contributed by atoms with E-state index in [4.69, 9.17) is 19.6 Å². The van der Waals surface area contributed by atoms with E-state index >= 15 is 0 Å². The predicted octanol–water partition coefficient (Wildman–Crippen LogP) is 6.18. The van der Waals surface area contributed by atoms with Crippen molar-refractivity contribution in [3.05, 3.63) is 93.4 Å². The summed E-state index contributed by atoms with van der Waals surface area (Å²) in [5, 5.41) is 3.84. The van der Waals surface area contributed by atoms with E-state index in [1.54, 1.807) is 4.90 Å². The number of amides is 1. The maximum Gasteiger partial charge on any atom is 0.494 e. The number of fused-ring (bicyclic) bond motifs is 3. The Bertz CT molecular complexity index is 1530. The molecule has 2 fully saturated rings. The van der Waals surface area contributed by atoms with Crippen molar-refractivity contribution >= 4 is 24.4 Å². The quantitative estimate of drug-likeness (QED) is 0.150. The summed E-state index contributed by atoms with van der Waals surface area (Å²) in [6.45, 7) is 13.1. The molecule has 0 atom stereocenters. The summed E-state index contributed by atoms with van der Waals surface area (Å²) in [4.78, 5) is 20.3. The molecule has 0 aromatic heterocycles. The van der Waals surface area contributed by atoms with Crippen molar-refractivity contribution in [1.82, 2.24) is 4.90 Å². The van der Waals surface area contributed by atoms with Crippen LogP contribution in [-0.4, -0.2) is 62.1 Å². The molecule has 222 valence electrons. The first kappa shape index (κ1) is 29.1. The maximum absolute atomic E-state index is 13.2. The highest BCUT2D eigenvalue weighted by Gasteiger charge is 2.52. The molecule has 0 N–H and O–H groups in total. The van der Waals surface area contributed by atoms with Gasteiger partial charge < -0.3 is 23.8 Å². The van der Waals surface area contributed by atoms with E-state index in [9.17, 15) is 4.79 Å². The van der Waals surface area contributed by atoms with Crippen LogP contribution in [0.2, 0.25) is 0 Å². The van der Waals surface area contributed by atoms with E-state index in [1.165, 1.54) is 22.3 Å². The molecule has 1 amide bonds. The summed E-state index contributed by atoms with van der Waals surface area (Å²) in [5.41, 5.74) is 16.8. The summed E-state index contributed by atoms with van der Waals surface area (Å²) in [7, 11) is -0.531. The number of rotatable bonds is 6. The molecular formula is C33H38BN5O4. The summed E-state index contributed by atoms with van der Waals surface area (Å²) in [6, 6.07) is 20.8. The fourth-order valence-corrected chi connectivity index (χ4v) is 6.31. The van der Waals surface area contributed by atoms with Gasteiger partial charge in [0.05, 0.1) is 17.7 Å². The number of hydrogen-bond donors (Lipinski definition) is 0. The van der Waals surface area contributed by atoms with Crippen molar-refractivity contribution in [1.29, 1.82) is 0 Å². The molecule has 2 saturated heterocycles. The third-order valence-corrected chi connectivity index (χ3v) is 9.55. The fourth-order valence-electron chi connectivity index (χ4n) is 6.31. The number of hydrogen-bond acceptors (Lipinski definition) is 6. The highest BCUT2D eigenvalue weighted by atomic mass is 16.7. The van der Waals surface area contributed by atoms with Gasteiger partial charge in [0.15, 0.2) is 0 Å². The van der Waals surface area contributed by atoms with Crippen LogP contribution in [0.4, 0.5) is 10.5 Å². The lowest BCUT2D eigenvalue weighted by molar-refractivity contribution is 0.00578. The van der Waals surface area contributed by atoms with Gasteiger partial charge >= 0.3 is 13.2 Å². The first-order valence-corrected chi connectivity index (χ1v) is 14.9. The number of ether oxygens (including phenoxy) is 1. The van der Waals surface area contributed by atoms with Crippen molar-refractivity contribution < 1.29 is 18.8 Å². The average molecular weight is 580 g/mol. The Kier molecular flexibility index (Phi) is 7.63. The Morgan fingerprint density at radius 1 is 0.977 bits per heavy atom. The second kappa shape index (κ2) is 11.3. The SMILES string of the molecule is Cc1c(CN=[N+]=[N-])cc(B2OC(C)(C)C(C)(C)O2)cc1N1CCN(C(=O)OCC2c3ccccc3-c3ccccc32)CC1. The summed E-state index contributed by atoms with van der Waals surface area (Å²) < 4.78 is 18.6. The standard InChI is InChI=1S/C33H38BN5O4/c1-22-23(20-36-37-35)18-24(34-42-32(2,3)33(4,5)43-34)19-30(22)38-14-16-39(17-15-38)31(40)41-21-29-27-12-8-6-10-25(27)26-11-7-9-13-28(26)29/h6-13,18-19,29H,14-17,20-21H2,1-5H3. The number of azide groups is 1. The van der Waals surface area contributed by atoms with Crippen LogP contribution in [0.25, 0.3) is 21.6 Å². The Hall–Kier alpha value is -3.98. The van der Waals surface area contributed by atoms with Crippen molar-refractivity contribution in [3.63, 3.8) is 0 Å². The van der Waals surface area contributed by atoms with E-state index in [1.807, 2.05) is 52.8 Å². The Balaban J connectivity index is 1.14. The van der Waals surface area contributed by atoms with E-state index < -0.39 is 18.3 Å². The van der Waals surface area contributed by atoms with Gasteiger partial charge in [-0.2, -0.15) is 0 Å². The van der Waals surface area contributed by atoms with Gasteiger partial charge in [0.25, 0.3) is 0 Å². The molecule has 1 aliphatic carbocycles. The molecule has 2 aliphatic heterocycles. The summed E-state index contributed by atoms with van der Waals surface area (Å²) in [6.07, 6.45) is -0.284. The number of anilines is 1. The van der Waals surface area contributed by atoms with Crippen LogP contribution in [0, 0.1) is 6.92 Å². The first-order valence-electron chi connectivity index (χ1n) is 14.9. The number of benzene rings is 3. The zero-order valence-electron chi connectivity index (χ0n) is 25.5. The third kappa shape index (κ3) is 5.35. The zero-order valence-corrected chi connectivity index (χ0v) is 25.5. The average Bonchev–Trinajstić information content (AvgIpc) is 3.44. The minimum Gasteiger partial charge on any atom is -0.448 e. The second-order valence-electron chi connectivity index (χ2n) is 12.6. The molecule has 0 saturated carbocycles. The molecular weight excluding hydrogens is 541 g/mol. The van der Waals surface area contributed by atoms with E-state index in [-0.39, 0.29) is 18.6 Å². The molecule has 3 aliphatic rings. The zero-order chi connectivity index (χ0) is 30.4. The molecule has 3 aromatic carbocycles. The molecule has 9 nitrogen and oxygen atoms in total. The van der Waals surface area contributed by atoms with Crippen molar-refractivity contribution in [2.45, 2.75) is 58.3 Å². The third-order valence-electron chi connectivity index (χ3n) is 9.55. The Morgan fingerprint density at radius 3 is 2.14 bits per heavy atom. The molecule has 0 bridgehead atoms. The summed E-state index contributed by atoms with van der Waals surface area (Å²) >= 11 is 0. The molecule has 0 spiro atoms. The topological polar surface area (TPSA) is 100 Å². The molecule has 0 radical (unpaired) electrons. The second-order valence-corrected chi connectivity index (χ2v) is 12.6. The van der Waals surface area contributed by atoms with Crippen molar-refractivity contribution in [2.75, 3.05) is 37.7 Å². The van der Waals surface area contributed by atoms with Gasteiger partial charge in [0.2, 0.25) is 0 Å². The van der Waals surface area contributed by atoms with Gasteiger partial charge in [-0.05, 0) is 85.1 Å². The lowest BCUT2D eigenvalue weighted by Gasteiger charge is -2.37. The van der Waals surface area contributed by atoms with E-state index in [0.29, 0.717) is 32.8 Å². The van der Waals surface area contributed by atoms with Gasteiger partial charge in [-0.1, -0.05) is 59.7 Å². The van der Waals surface area contributed by atoms with Gasteiger partial charge in [-0.25, -0.2) is 4.79 Å². The molecule has 3 aromatic rings. The lowest BCUT2D eigenvalue weighted by atomic mass is 9.77. The lowest BCUT2D eigenvalue weighted by Crippen LogP contribution is -2.49. The number of carbonyl (C=O) groups is 1. The number of piperazine rings is 1. The number of carbonyl (C=O) groups excluding carboxylic acids is 1. The largest absolute Gasteiger partial charge is 0.494 e. The van der Waals surface area contributed by atoms with Crippen LogP contribution < -0.4 is 10.4 Å². The molecule has 10 heteroatoms. The highest BCUT2D eigenvalue weighted by Crippen LogP contribution is 2.44. The smallest absolute Gasteiger partial charge is 0.448 e. The van der Waals surface area contributed by atoms with Crippen LogP contribution >= 0.6 is 0 Å². The molecule has 43 heavy (non-hydrogen) atoms. The van der Waals surface area contributed by atoms with Crippen LogP contribution in [-0.2, 0) is 20.6 Å². The van der Waals surface area contributed by atoms with Crippen LogP contribution in [0.3, 0.4) is 0 Å². The first-order chi connectivity index (χ1) is 20.6. The highest BCUT2D eigenvalue weighted by molar-refractivity contribution is 6.62. The maximum atomic E-state index is 13.2. The minimum absolute atomic E-state index is 0.0347. The van der Waals surface area contributed by atoms with Crippen LogP contribution in [0.15, 0.2) is 65.8 Å². The minimum atomic E-state index is -0.531. The number of nitrogens with zero attached hydrogens (tertiary/aromatic N) is 5. The molecule has 6 rings (SSSR count). The predicted molar refractivity (Wildman–Crippen MR) is 169 cm³/mol. The Labute approximate surface area is 253 Å². The summed E-state index contributed by atoms with van der Waals surface area (Å²) in [5.74, 6) is 0.0347. The Morgan fingerprint density at radius 2 is 1.56 bits per heavy atom. The fraction of sp³-hybridized carbons (Fsp3) is 0.424. The van der Waals surface area contributed by atoms with Gasteiger partial charge in [-0.3, -0.25) is 0 Å². The van der Waals surface area contributed by atoms with E-state index in [0.717, 1.165) is 22.3 Å². The van der Waals surface area contributed by atoms with Crippen molar-refractivity contribution in [3.8, 4) is 11.1 Å².